The van der Waals surface area contributed by atoms with Crippen molar-refractivity contribution in [1.29, 1.82) is 0 Å². The maximum Gasteiger partial charge on any atom is 0.417 e. The van der Waals surface area contributed by atoms with E-state index in [-0.39, 0.29) is 39.3 Å². The van der Waals surface area contributed by atoms with Crippen molar-refractivity contribution in [3.63, 3.8) is 0 Å². The van der Waals surface area contributed by atoms with E-state index in [0.29, 0.717) is 25.8 Å². The summed E-state index contributed by atoms with van der Waals surface area (Å²) in [5, 5.41) is -0.0733. The molecule has 3 heterocycles. The Labute approximate surface area is 176 Å². The number of hydrogen-bond acceptors (Lipinski definition) is 6. The predicted octanol–water partition coefficient (Wildman–Crippen LogP) is 3.04. The lowest BCUT2D eigenvalue weighted by Crippen LogP contribution is -2.46. The number of carbonyl (C=O) groups excluding carboxylic acids is 1. The van der Waals surface area contributed by atoms with Crippen molar-refractivity contribution in [2.75, 3.05) is 30.4 Å². The molecule has 29 heavy (non-hydrogen) atoms. The predicted molar refractivity (Wildman–Crippen MR) is 103 cm³/mol. The van der Waals surface area contributed by atoms with Gasteiger partial charge in [-0.05, 0) is 25.3 Å². The van der Waals surface area contributed by atoms with Gasteiger partial charge in [0, 0.05) is 25.4 Å². The Morgan fingerprint density at radius 3 is 2.69 bits per heavy atom. The Balaban J connectivity index is 1.68. The van der Waals surface area contributed by atoms with Crippen molar-refractivity contribution in [3.05, 3.63) is 22.8 Å². The Morgan fingerprint density at radius 1 is 1.38 bits per heavy atom. The van der Waals surface area contributed by atoms with Gasteiger partial charge in [0.2, 0.25) is 5.91 Å². The lowest BCUT2D eigenvalue weighted by molar-refractivity contribution is -0.138. The second kappa shape index (κ2) is 8.99. The molecule has 0 unspecified atom stereocenters. The first-order valence-electron chi connectivity index (χ1n) is 9.02. The summed E-state index contributed by atoms with van der Waals surface area (Å²) in [6.45, 7) is 0.906. The van der Waals surface area contributed by atoms with E-state index in [0.717, 1.165) is 30.7 Å². The molecule has 1 aromatic rings. The Kier molecular flexibility index (Phi) is 7.02. The fourth-order valence-corrected chi connectivity index (χ4v) is 6.19. The maximum absolute atomic E-state index is 12.8. The quantitative estimate of drug-likeness (QED) is 0.592. The average Bonchev–Trinajstić information content (AvgIpc) is 3.26. The molecule has 0 N–H and O–H groups in total. The van der Waals surface area contributed by atoms with E-state index in [1.54, 1.807) is 0 Å². The summed E-state index contributed by atoms with van der Waals surface area (Å²) in [6.07, 6.45) is -1.98. The van der Waals surface area contributed by atoms with Crippen LogP contribution in [0.4, 0.5) is 13.2 Å². The first-order valence-corrected chi connectivity index (χ1v) is 12.2. The number of aromatic nitrogens is 1. The summed E-state index contributed by atoms with van der Waals surface area (Å²) in [6, 6.07) is 0.350. The van der Waals surface area contributed by atoms with Crippen LogP contribution >= 0.6 is 23.4 Å². The number of nitrogens with zero attached hydrogens (tertiary/aromatic N) is 2. The number of halogens is 4. The highest BCUT2D eigenvalue weighted by Crippen LogP contribution is 2.34. The molecule has 3 rings (SSSR count). The number of amides is 1. The molecule has 162 valence electrons. The van der Waals surface area contributed by atoms with E-state index in [2.05, 4.69) is 4.98 Å². The van der Waals surface area contributed by atoms with Gasteiger partial charge in [-0.25, -0.2) is 13.4 Å². The molecule has 0 radical (unpaired) electrons. The van der Waals surface area contributed by atoms with Gasteiger partial charge in [0.05, 0.1) is 33.9 Å². The van der Waals surface area contributed by atoms with Crippen molar-refractivity contribution < 1.29 is 31.1 Å². The van der Waals surface area contributed by atoms with Gasteiger partial charge < -0.3 is 9.64 Å². The second-order valence-electron chi connectivity index (χ2n) is 7.04. The molecule has 0 spiro atoms. The molecule has 0 bridgehead atoms. The Hall–Kier alpha value is -1.04. The third-order valence-electron chi connectivity index (χ3n) is 4.86. The molecule has 2 aliphatic rings. The summed E-state index contributed by atoms with van der Waals surface area (Å²) in [5.74, 6) is -0.478. The lowest BCUT2D eigenvalue weighted by atomic mass is 10.1. The highest BCUT2D eigenvalue weighted by atomic mass is 35.5. The van der Waals surface area contributed by atoms with Crippen LogP contribution in [0, 0.1) is 0 Å². The molecule has 2 aliphatic heterocycles. The zero-order valence-corrected chi connectivity index (χ0v) is 17.7. The van der Waals surface area contributed by atoms with Crippen LogP contribution in [0.15, 0.2) is 17.3 Å². The summed E-state index contributed by atoms with van der Waals surface area (Å²) >= 11 is 6.82. The molecule has 2 atom stereocenters. The van der Waals surface area contributed by atoms with Gasteiger partial charge >= 0.3 is 6.18 Å². The summed E-state index contributed by atoms with van der Waals surface area (Å²) in [7, 11) is -3.18. The Bertz CT molecular complexity index is 861. The Morgan fingerprint density at radius 2 is 2.14 bits per heavy atom. The number of sulfone groups is 1. The number of carbonyl (C=O) groups is 1. The molecule has 0 saturated carbocycles. The normalized spacial score (nSPS) is 24.0. The molecule has 12 heteroatoms. The smallest absolute Gasteiger partial charge is 0.376 e. The van der Waals surface area contributed by atoms with Crippen LogP contribution in [0.2, 0.25) is 5.02 Å². The number of rotatable bonds is 6. The third kappa shape index (κ3) is 5.99. The molecular formula is C17H20ClF3N2O4S2. The number of alkyl halides is 3. The molecular weight excluding hydrogens is 453 g/mol. The fourth-order valence-electron chi connectivity index (χ4n) is 3.38. The molecule has 6 nitrogen and oxygen atoms in total. The summed E-state index contributed by atoms with van der Waals surface area (Å²) < 4.78 is 67.4. The van der Waals surface area contributed by atoms with Gasteiger partial charge in [-0.1, -0.05) is 23.4 Å². The van der Waals surface area contributed by atoms with Crippen LogP contribution in [0.25, 0.3) is 0 Å². The lowest BCUT2D eigenvalue weighted by Gasteiger charge is -2.30. The molecule has 2 saturated heterocycles. The minimum atomic E-state index is -4.55. The standard InChI is InChI=1S/C17H20ClF3N2O4S2/c18-14-6-11(17(19,20)21)7-22-16(14)28-9-15(24)23(8-13-2-1-4-27-13)12-3-5-29(25,26)10-12/h6-7,12-13H,1-5,8-10H2/t12-,13+/m0/s1. The molecule has 0 aromatic carbocycles. The number of hydrogen-bond donors (Lipinski definition) is 0. The number of ether oxygens (including phenoxy) is 1. The second-order valence-corrected chi connectivity index (χ2v) is 10.6. The minimum absolute atomic E-state index is 0.0341. The van der Waals surface area contributed by atoms with Gasteiger partial charge in [-0.2, -0.15) is 13.2 Å². The SMILES string of the molecule is O=C(CSc1ncc(C(F)(F)F)cc1Cl)N(C[C@H]1CCCO1)[C@H]1CCS(=O)(=O)C1. The number of thioether (sulfide) groups is 1. The van der Waals surface area contributed by atoms with E-state index < -0.39 is 27.6 Å². The molecule has 1 aromatic heterocycles. The highest BCUT2D eigenvalue weighted by molar-refractivity contribution is 8.00. The van der Waals surface area contributed by atoms with Gasteiger partial charge in [-0.15, -0.1) is 0 Å². The average molecular weight is 473 g/mol. The van der Waals surface area contributed by atoms with Crippen molar-refractivity contribution in [3.8, 4) is 0 Å². The van der Waals surface area contributed by atoms with E-state index >= 15 is 0 Å². The third-order valence-corrected chi connectivity index (χ3v) is 8.00. The van der Waals surface area contributed by atoms with Gasteiger partial charge in [0.25, 0.3) is 0 Å². The van der Waals surface area contributed by atoms with Crippen molar-refractivity contribution in [2.45, 2.75) is 42.6 Å². The van der Waals surface area contributed by atoms with Crippen LogP contribution in [0.1, 0.15) is 24.8 Å². The number of pyridine rings is 1. The monoisotopic (exact) mass is 472 g/mol. The topological polar surface area (TPSA) is 76.6 Å². The molecule has 2 fully saturated rings. The minimum Gasteiger partial charge on any atom is -0.376 e. The van der Waals surface area contributed by atoms with Crippen LogP contribution in [-0.4, -0.2) is 66.8 Å². The summed E-state index contributed by atoms with van der Waals surface area (Å²) in [4.78, 5) is 18.1. The van der Waals surface area contributed by atoms with E-state index in [4.69, 9.17) is 16.3 Å². The first-order chi connectivity index (χ1) is 13.5. The largest absolute Gasteiger partial charge is 0.417 e. The van der Waals surface area contributed by atoms with Crippen molar-refractivity contribution >= 4 is 39.1 Å². The van der Waals surface area contributed by atoms with E-state index in [9.17, 15) is 26.4 Å². The fraction of sp³-hybridized carbons (Fsp3) is 0.647. The highest BCUT2D eigenvalue weighted by Gasteiger charge is 2.36. The van der Waals surface area contributed by atoms with Gasteiger partial charge in [0.1, 0.15) is 5.03 Å². The first kappa shape index (κ1) is 22.6. The summed E-state index contributed by atoms with van der Waals surface area (Å²) in [5.41, 5.74) is -0.964. The van der Waals surface area contributed by atoms with E-state index in [1.807, 2.05) is 0 Å². The van der Waals surface area contributed by atoms with Gasteiger partial charge in [-0.3, -0.25) is 4.79 Å². The van der Waals surface area contributed by atoms with Crippen LogP contribution in [-0.2, 0) is 25.5 Å². The zero-order valence-electron chi connectivity index (χ0n) is 15.3. The van der Waals surface area contributed by atoms with E-state index in [1.165, 1.54) is 4.90 Å². The van der Waals surface area contributed by atoms with Gasteiger partial charge in [0.15, 0.2) is 9.84 Å². The van der Waals surface area contributed by atoms with Crippen LogP contribution < -0.4 is 0 Å². The molecule has 0 aliphatic carbocycles. The maximum atomic E-state index is 12.8. The van der Waals surface area contributed by atoms with Crippen LogP contribution in [0.3, 0.4) is 0 Å². The molecule has 1 amide bonds. The zero-order chi connectivity index (χ0) is 21.2. The van der Waals surface area contributed by atoms with Crippen molar-refractivity contribution in [1.82, 2.24) is 9.88 Å². The van der Waals surface area contributed by atoms with Crippen molar-refractivity contribution in [2.24, 2.45) is 0 Å². The van der Waals surface area contributed by atoms with Crippen LogP contribution in [0.5, 0.6) is 0 Å².